The molecule has 4 heterocycles. The van der Waals surface area contributed by atoms with Gasteiger partial charge >= 0.3 is 0 Å². The van der Waals surface area contributed by atoms with Crippen LogP contribution in [0.5, 0.6) is 0 Å². The first-order chi connectivity index (χ1) is 12.9. The molecule has 0 amide bonds. The summed E-state index contributed by atoms with van der Waals surface area (Å²) in [4.78, 5) is 24.0. The van der Waals surface area contributed by atoms with Crippen LogP contribution in [0.2, 0.25) is 0 Å². The van der Waals surface area contributed by atoms with Crippen LogP contribution in [-0.2, 0) is 17.8 Å². The molecule has 0 saturated carbocycles. The van der Waals surface area contributed by atoms with Crippen molar-refractivity contribution >= 4 is 17.3 Å². The Balaban J connectivity index is 1.29. The van der Waals surface area contributed by atoms with Crippen LogP contribution in [-0.4, -0.2) is 51.2 Å². The molecule has 0 bridgehead atoms. The lowest BCUT2D eigenvalue weighted by atomic mass is 10.3. The molecule has 134 valence electrons. The standard InChI is InChI=1S/C17H19N7OS/c1-2-20-15(11-18-1)16-23-14(12-26-16)10-19-7-13-8-21-17(22-9-13)24-3-5-25-6-4-24/h1-2,8-9,11-12,19H,3-7,10H2. The zero-order valence-electron chi connectivity index (χ0n) is 14.2. The average molecular weight is 369 g/mol. The van der Waals surface area contributed by atoms with E-state index < -0.39 is 0 Å². The number of morpholine rings is 1. The van der Waals surface area contributed by atoms with Gasteiger partial charge in [0.25, 0.3) is 0 Å². The van der Waals surface area contributed by atoms with E-state index in [1.165, 1.54) is 0 Å². The summed E-state index contributed by atoms with van der Waals surface area (Å²) in [7, 11) is 0. The number of hydrogen-bond donors (Lipinski definition) is 1. The number of nitrogens with one attached hydrogen (secondary N) is 1. The lowest BCUT2D eigenvalue weighted by Gasteiger charge is -2.26. The normalized spacial score (nSPS) is 14.5. The first kappa shape index (κ1) is 17.0. The van der Waals surface area contributed by atoms with Crippen LogP contribution in [0.15, 0.2) is 36.4 Å². The van der Waals surface area contributed by atoms with Gasteiger partial charge in [-0.15, -0.1) is 11.3 Å². The fraction of sp³-hybridized carbons (Fsp3) is 0.353. The van der Waals surface area contributed by atoms with Crippen LogP contribution in [0, 0.1) is 0 Å². The highest BCUT2D eigenvalue weighted by molar-refractivity contribution is 7.13. The summed E-state index contributed by atoms with van der Waals surface area (Å²) >= 11 is 1.57. The van der Waals surface area contributed by atoms with Crippen molar-refractivity contribution in [2.75, 3.05) is 31.2 Å². The minimum absolute atomic E-state index is 0.683. The maximum atomic E-state index is 5.35. The number of ether oxygens (including phenoxy) is 1. The Labute approximate surface area is 155 Å². The summed E-state index contributed by atoms with van der Waals surface area (Å²) in [5.74, 6) is 0.769. The number of nitrogens with zero attached hydrogens (tertiary/aromatic N) is 6. The van der Waals surface area contributed by atoms with Crippen LogP contribution >= 0.6 is 11.3 Å². The molecule has 1 saturated heterocycles. The van der Waals surface area contributed by atoms with Gasteiger partial charge in [-0.1, -0.05) is 0 Å². The molecule has 26 heavy (non-hydrogen) atoms. The van der Waals surface area contributed by atoms with Crippen molar-refractivity contribution < 1.29 is 4.74 Å². The molecule has 4 rings (SSSR count). The molecule has 0 radical (unpaired) electrons. The topological polar surface area (TPSA) is 89.0 Å². The third kappa shape index (κ3) is 4.18. The number of hydrogen-bond acceptors (Lipinski definition) is 9. The molecule has 0 spiro atoms. The van der Waals surface area contributed by atoms with Gasteiger partial charge in [0, 0.05) is 61.9 Å². The van der Waals surface area contributed by atoms with Gasteiger partial charge in [-0.2, -0.15) is 0 Å². The largest absolute Gasteiger partial charge is 0.378 e. The predicted molar refractivity (Wildman–Crippen MR) is 98.7 cm³/mol. The minimum Gasteiger partial charge on any atom is -0.378 e. The highest BCUT2D eigenvalue weighted by Crippen LogP contribution is 2.20. The Kier molecular flexibility index (Phi) is 5.38. The molecular weight excluding hydrogens is 350 g/mol. The summed E-state index contributed by atoms with van der Waals surface area (Å²) in [5, 5.41) is 6.30. The molecule has 3 aromatic heterocycles. The van der Waals surface area contributed by atoms with Crippen molar-refractivity contribution in [3.8, 4) is 10.7 Å². The molecule has 1 N–H and O–H groups in total. The highest BCUT2D eigenvalue weighted by Gasteiger charge is 2.13. The molecule has 1 aliphatic heterocycles. The highest BCUT2D eigenvalue weighted by atomic mass is 32.1. The monoisotopic (exact) mass is 369 g/mol. The molecule has 0 atom stereocenters. The zero-order valence-corrected chi connectivity index (χ0v) is 15.0. The first-order valence-electron chi connectivity index (χ1n) is 8.43. The molecule has 0 aliphatic carbocycles. The maximum absolute atomic E-state index is 5.35. The summed E-state index contributed by atoms with van der Waals surface area (Å²) < 4.78 is 5.35. The van der Waals surface area contributed by atoms with E-state index in [0.717, 1.165) is 54.2 Å². The van der Waals surface area contributed by atoms with Gasteiger partial charge in [-0.3, -0.25) is 9.97 Å². The van der Waals surface area contributed by atoms with Gasteiger partial charge in [0.2, 0.25) is 5.95 Å². The van der Waals surface area contributed by atoms with Crippen molar-refractivity contribution in [3.05, 3.63) is 47.6 Å². The van der Waals surface area contributed by atoms with E-state index in [9.17, 15) is 0 Å². The van der Waals surface area contributed by atoms with Crippen molar-refractivity contribution in [1.29, 1.82) is 0 Å². The second-order valence-corrected chi connectivity index (χ2v) is 6.69. The van der Waals surface area contributed by atoms with Crippen LogP contribution in [0.4, 0.5) is 5.95 Å². The Hall–Kier alpha value is -2.49. The van der Waals surface area contributed by atoms with E-state index in [4.69, 9.17) is 4.74 Å². The van der Waals surface area contributed by atoms with Gasteiger partial charge in [0.05, 0.1) is 25.1 Å². The Morgan fingerprint density at radius 1 is 1.04 bits per heavy atom. The van der Waals surface area contributed by atoms with Gasteiger partial charge in [0.15, 0.2) is 0 Å². The van der Waals surface area contributed by atoms with E-state index in [2.05, 4.69) is 35.1 Å². The van der Waals surface area contributed by atoms with Crippen LogP contribution in [0.1, 0.15) is 11.3 Å². The summed E-state index contributed by atoms with van der Waals surface area (Å²) in [5.41, 5.74) is 2.84. The SMILES string of the molecule is c1cnc(-c2nc(CNCc3cnc(N4CCOCC4)nc3)cs2)cn1. The summed E-state index contributed by atoms with van der Waals surface area (Å²) in [6.07, 6.45) is 8.80. The van der Waals surface area contributed by atoms with Crippen molar-refractivity contribution in [2.24, 2.45) is 0 Å². The minimum atomic E-state index is 0.683. The van der Waals surface area contributed by atoms with Gasteiger partial charge in [0.1, 0.15) is 10.7 Å². The van der Waals surface area contributed by atoms with E-state index in [0.29, 0.717) is 13.1 Å². The molecule has 0 aromatic carbocycles. The number of thiazole rings is 1. The van der Waals surface area contributed by atoms with Crippen LogP contribution in [0.3, 0.4) is 0 Å². The molecule has 8 nitrogen and oxygen atoms in total. The Morgan fingerprint density at radius 2 is 1.88 bits per heavy atom. The van der Waals surface area contributed by atoms with Gasteiger partial charge in [-0.05, 0) is 0 Å². The third-order valence-corrected chi connectivity index (χ3v) is 4.87. The van der Waals surface area contributed by atoms with E-state index >= 15 is 0 Å². The predicted octanol–water partition coefficient (Wildman–Crippen LogP) is 1.52. The van der Waals surface area contributed by atoms with Gasteiger partial charge in [-0.25, -0.2) is 15.0 Å². The lowest BCUT2D eigenvalue weighted by molar-refractivity contribution is 0.122. The molecule has 0 unspecified atom stereocenters. The summed E-state index contributed by atoms with van der Waals surface area (Å²) in [6, 6.07) is 0. The van der Waals surface area contributed by atoms with E-state index in [-0.39, 0.29) is 0 Å². The first-order valence-corrected chi connectivity index (χ1v) is 9.31. The molecule has 9 heteroatoms. The smallest absolute Gasteiger partial charge is 0.225 e. The zero-order chi connectivity index (χ0) is 17.6. The van der Waals surface area contributed by atoms with Crippen molar-refractivity contribution in [1.82, 2.24) is 30.2 Å². The number of anilines is 1. The molecule has 1 fully saturated rings. The Bertz CT molecular complexity index is 819. The van der Waals surface area contributed by atoms with Gasteiger partial charge < -0.3 is 15.0 Å². The molecule has 3 aromatic rings. The Morgan fingerprint density at radius 3 is 2.65 bits per heavy atom. The van der Waals surface area contributed by atoms with Crippen molar-refractivity contribution in [3.63, 3.8) is 0 Å². The third-order valence-electron chi connectivity index (χ3n) is 3.95. The van der Waals surface area contributed by atoms with E-state index in [1.807, 2.05) is 17.8 Å². The average Bonchev–Trinajstić information content (AvgIpc) is 3.19. The lowest BCUT2D eigenvalue weighted by Crippen LogP contribution is -2.37. The quantitative estimate of drug-likeness (QED) is 0.700. The van der Waals surface area contributed by atoms with Crippen LogP contribution < -0.4 is 10.2 Å². The molecule has 1 aliphatic rings. The fourth-order valence-electron chi connectivity index (χ4n) is 2.62. The fourth-order valence-corrected chi connectivity index (χ4v) is 3.40. The van der Waals surface area contributed by atoms with Crippen molar-refractivity contribution in [2.45, 2.75) is 13.1 Å². The van der Waals surface area contributed by atoms with E-state index in [1.54, 1.807) is 29.9 Å². The maximum Gasteiger partial charge on any atom is 0.225 e. The number of rotatable bonds is 6. The van der Waals surface area contributed by atoms with Crippen LogP contribution in [0.25, 0.3) is 10.7 Å². The summed E-state index contributed by atoms with van der Waals surface area (Å²) in [6.45, 7) is 4.53. The second-order valence-electron chi connectivity index (χ2n) is 5.83. The number of aromatic nitrogens is 5. The molecular formula is C17H19N7OS. The second kappa shape index (κ2) is 8.26.